The van der Waals surface area contributed by atoms with Crippen molar-refractivity contribution in [2.45, 2.75) is 45.3 Å². The third-order valence-electron chi connectivity index (χ3n) is 2.68. The van der Waals surface area contributed by atoms with E-state index in [1.807, 2.05) is 0 Å². The lowest BCUT2D eigenvalue weighted by molar-refractivity contribution is 0.121. The quantitative estimate of drug-likeness (QED) is 0.663. The zero-order valence-electron chi connectivity index (χ0n) is 9.25. The lowest BCUT2D eigenvalue weighted by Gasteiger charge is -2.24. The Morgan fingerprint density at radius 2 is 2.07 bits per heavy atom. The van der Waals surface area contributed by atoms with E-state index in [1.165, 1.54) is 19.3 Å². The summed E-state index contributed by atoms with van der Waals surface area (Å²) in [7, 11) is 0. The van der Waals surface area contributed by atoms with Crippen LogP contribution in [0, 0.1) is 5.92 Å². The smallest absolute Gasteiger partial charge is 0.0802 e. The van der Waals surface area contributed by atoms with Crippen molar-refractivity contribution in [3.8, 4) is 0 Å². The summed E-state index contributed by atoms with van der Waals surface area (Å²) in [5, 5.41) is 9.50. The van der Waals surface area contributed by atoms with E-state index in [0.717, 1.165) is 25.0 Å². The average molecular weight is 220 g/mol. The van der Waals surface area contributed by atoms with Gasteiger partial charge in [0.1, 0.15) is 0 Å². The van der Waals surface area contributed by atoms with Gasteiger partial charge < -0.3 is 5.11 Å². The predicted molar refractivity (Wildman–Crippen MR) is 60.8 cm³/mol. The van der Waals surface area contributed by atoms with E-state index in [2.05, 4.69) is 18.7 Å². The number of hydrogen-bond donors (Lipinski definition) is 1. The summed E-state index contributed by atoms with van der Waals surface area (Å²) in [6.07, 6.45) is 3.45. The van der Waals surface area contributed by atoms with Gasteiger partial charge in [-0.15, -0.1) is 11.6 Å². The van der Waals surface area contributed by atoms with E-state index >= 15 is 0 Å². The molecule has 1 fully saturated rings. The Hall–Kier alpha value is 0.210. The summed E-state index contributed by atoms with van der Waals surface area (Å²) in [4.78, 5) is 2.40. The van der Waals surface area contributed by atoms with Gasteiger partial charge in [-0.1, -0.05) is 13.8 Å². The predicted octanol–water partition coefficient (Wildman–Crippen LogP) is 2.10. The summed E-state index contributed by atoms with van der Waals surface area (Å²) in [6, 6.07) is 0.728. The largest absolute Gasteiger partial charge is 0.391 e. The molecule has 3 heteroatoms. The fourth-order valence-electron chi connectivity index (χ4n) is 1.61. The second kappa shape index (κ2) is 5.94. The molecule has 0 saturated heterocycles. The highest BCUT2D eigenvalue weighted by atomic mass is 35.5. The molecule has 0 radical (unpaired) electrons. The molecule has 1 saturated carbocycles. The Morgan fingerprint density at radius 1 is 1.43 bits per heavy atom. The first-order valence-electron chi connectivity index (χ1n) is 5.61. The van der Waals surface area contributed by atoms with Crippen LogP contribution in [0.2, 0.25) is 0 Å². The Labute approximate surface area is 92.2 Å². The average Bonchev–Trinajstić information content (AvgIpc) is 2.94. The molecule has 0 bridgehead atoms. The van der Waals surface area contributed by atoms with Crippen LogP contribution in [0.15, 0.2) is 0 Å². The van der Waals surface area contributed by atoms with Crippen molar-refractivity contribution in [3.05, 3.63) is 0 Å². The van der Waals surface area contributed by atoms with Crippen LogP contribution < -0.4 is 0 Å². The molecule has 0 aromatic carbocycles. The molecule has 1 atom stereocenters. The van der Waals surface area contributed by atoms with Crippen molar-refractivity contribution in [2.24, 2.45) is 5.92 Å². The minimum Gasteiger partial charge on any atom is -0.391 e. The first kappa shape index (κ1) is 12.3. The van der Waals surface area contributed by atoms with Gasteiger partial charge in [-0.05, 0) is 31.7 Å². The standard InChI is InChI=1S/C11H22ClNO/c1-9(2)5-6-13(10-3-4-10)8-11(14)7-12/h9-11,14H,3-8H2,1-2H3. The second-order valence-electron chi connectivity index (χ2n) is 4.72. The van der Waals surface area contributed by atoms with Gasteiger partial charge in [0.2, 0.25) is 0 Å². The van der Waals surface area contributed by atoms with Crippen LogP contribution in [-0.2, 0) is 0 Å². The van der Waals surface area contributed by atoms with E-state index < -0.39 is 0 Å². The van der Waals surface area contributed by atoms with Crippen LogP contribution in [0.1, 0.15) is 33.1 Å². The molecule has 0 aromatic heterocycles. The molecule has 1 aliphatic rings. The molecule has 1 unspecified atom stereocenters. The Bertz CT molecular complexity index is 159. The lowest BCUT2D eigenvalue weighted by Crippen LogP contribution is -2.36. The third kappa shape index (κ3) is 4.63. The first-order valence-corrected chi connectivity index (χ1v) is 6.15. The molecule has 84 valence electrons. The van der Waals surface area contributed by atoms with Crippen molar-refractivity contribution in [1.29, 1.82) is 0 Å². The normalized spacial score (nSPS) is 19.3. The summed E-state index contributed by atoms with van der Waals surface area (Å²) >= 11 is 5.61. The van der Waals surface area contributed by atoms with Crippen molar-refractivity contribution < 1.29 is 5.11 Å². The molecule has 0 aliphatic heterocycles. The second-order valence-corrected chi connectivity index (χ2v) is 5.03. The number of aliphatic hydroxyl groups is 1. The number of nitrogens with zero attached hydrogens (tertiary/aromatic N) is 1. The number of rotatable bonds is 7. The molecule has 1 N–H and O–H groups in total. The van der Waals surface area contributed by atoms with E-state index in [9.17, 15) is 5.11 Å². The molecule has 0 aromatic rings. The maximum absolute atomic E-state index is 9.50. The van der Waals surface area contributed by atoms with Crippen molar-refractivity contribution in [1.82, 2.24) is 4.90 Å². The van der Waals surface area contributed by atoms with Crippen molar-refractivity contribution in [2.75, 3.05) is 19.0 Å². The summed E-state index contributed by atoms with van der Waals surface area (Å²) in [6.45, 7) is 6.34. The molecule has 0 heterocycles. The van der Waals surface area contributed by atoms with Gasteiger partial charge in [0.15, 0.2) is 0 Å². The van der Waals surface area contributed by atoms with Crippen LogP contribution in [0.4, 0.5) is 0 Å². The molecule has 0 spiro atoms. The SMILES string of the molecule is CC(C)CCN(CC(O)CCl)C1CC1. The lowest BCUT2D eigenvalue weighted by atomic mass is 10.1. The molecule has 14 heavy (non-hydrogen) atoms. The Balaban J connectivity index is 2.24. The highest BCUT2D eigenvalue weighted by Gasteiger charge is 2.29. The Morgan fingerprint density at radius 3 is 2.50 bits per heavy atom. The molecular formula is C11H22ClNO. The summed E-state index contributed by atoms with van der Waals surface area (Å²) < 4.78 is 0. The molecular weight excluding hydrogens is 198 g/mol. The number of hydrogen-bond acceptors (Lipinski definition) is 2. The van der Waals surface area contributed by atoms with Gasteiger partial charge >= 0.3 is 0 Å². The highest BCUT2D eigenvalue weighted by Crippen LogP contribution is 2.27. The molecule has 1 aliphatic carbocycles. The van der Waals surface area contributed by atoms with Crippen LogP contribution in [0.25, 0.3) is 0 Å². The van der Waals surface area contributed by atoms with Crippen molar-refractivity contribution >= 4 is 11.6 Å². The fraction of sp³-hybridized carbons (Fsp3) is 1.00. The van der Waals surface area contributed by atoms with Gasteiger partial charge in [-0.2, -0.15) is 0 Å². The molecule has 1 rings (SSSR count). The number of alkyl halides is 1. The van der Waals surface area contributed by atoms with Gasteiger partial charge in [0.05, 0.1) is 6.10 Å². The maximum Gasteiger partial charge on any atom is 0.0802 e. The topological polar surface area (TPSA) is 23.5 Å². The number of aliphatic hydroxyl groups excluding tert-OH is 1. The fourth-order valence-corrected chi connectivity index (χ4v) is 1.70. The first-order chi connectivity index (χ1) is 6.63. The van der Waals surface area contributed by atoms with Gasteiger partial charge in [-0.25, -0.2) is 0 Å². The highest BCUT2D eigenvalue weighted by molar-refractivity contribution is 6.18. The van der Waals surface area contributed by atoms with Crippen LogP contribution in [-0.4, -0.2) is 41.1 Å². The van der Waals surface area contributed by atoms with Crippen LogP contribution in [0.3, 0.4) is 0 Å². The summed E-state index contributed by atoms with van der Waals surface area (Å²) in [5.74, 6) is 1.09. The number of halogens is 1. The molecule has 2 nitrogen and oxygen atoms in total. The summed E-state index contributed by atoms with van der Waals surface area (Å²) in [5.41, 5.74) is 0. The van der Waals surface area contributed by atoms with Crippen LogP contribution in [0.5, 0.6) is 0 Å². The van der Waals surface area contributed by atoms with E-state index in [4.69, 9.17) is 11.6 Å². The monoisotopic (exact) mass is 219 g/mol. The molecule has 0 amide bonds. The van der Waals surface area contributed by atoms with E-state index in [1.54, 1.807) is 0 Å². The van der Waals surface area contributed by atoms with E-state index in [0.29, 0.717) is 5.88 Å². The van der Waals surface area contributed by atoms with Gasteiger partial charge in [0, 0.05) is 18.5 Å². The zero-order valence-corrected chi connectivity index (χ0v) is 10.0. The third-order valence-corrected chi connectivity index (χ3v) is 3.04. The minimum absolute atomic E-state index is 0.352. The maximum atomic E-state index is 9.50. The Kier molecular flexibility index (Phi) is 5.21. The van der Waals surface area contributed by atoms with Crippen LogP contribution >= 0.6 is 11.6 Å². The van der Waals surface area contributed by atoms with Gasteiger partial charge in [-0.3, -0.25) is 4.90 Å². The minimum atomic E-state index is -0.357. The van der Waals surface area contributed by atoms with E-state index in [-0.39, 0.29) is 6.10 Å². The zero-order chi connectivity index (χ0) is 10.6. The van der Waals surface area contributed by atoms with Crippen molar-refractivity contribution in [3.63, 3.8) is 0 Å². The van der Waals surface area contributed by atoms with Gasteiger partial charge in [0.25, 0.3) is 0 Å².